The number of alkyl halides is 1. The summed E-state index contributed by atoms with van der Waals surface area (Å²) in [5.74, 6) is -0.613. The maximum Gasteiger partial charge on any atom is 0.252 e. The molecule has 0 aromatic carbocycles. The molecule has 0 saturated heterocycles. The number of rotatable bonds is 7. The number of hydrogen-bond acceptors (Lipinski definition) is 3. The molecule has 1 rings (SSSR count). The van der Waals surface area contributed by atoms with Crippen LogP contribution in [0.25, 0.3) is 0 Å². The van der Waals surface area contributed by atoms with Crippen LogP contribution in [0.15, 0.2) is 18.8 Å². The monoisotopic (exact) mass is 667 g/mol. The third-order valence-corrected chi connectivity index (χ3v) is 6.86. The number of halogens is 5. The zero-order chi connectivity index (χ0) is 16.2. The summed E-state index contributed by atoms with van der Waals surface area (Å²) in [6.45, 7) is 2.81. The van der Waals surface area contributed by atoms with Crippen LogP contribution < -0.4 is 5.32 Å². The SMILES string of the molecule is CCCCCNC1(I)C(C(=O)Cl)=C(I)C=C(I)C1C(=O)Cl. The van der Waals surface area contributed by atoms with E-state index in [1.807, 2.05) is 0 Å². The van der Waals surface area contributed by atoms with Crippen molar-refractivity contribution in [2.75, 3.05) is 6.54 Å². The first kappa shape index (κ1) is 20.6. The largest absolute Gasteiger partial charge is 0.298 e. The highest BCUT2D eigenvalue weighted by Crippen LogP contribution is 2.48. The van der Waals surface area contributed by atoms with Crippen LogP contribution in [-0.4, -0.2) is 20.6 Å². The number of carbonyl (C=O) groups excluding carboxylic acids is 2. The molecule has 0 aliphatic heterocycles. The average molecular weight is 668 g/mol. The summed E-state index contributed by atoms with van der Waals surface area (Å²) in [6.07, 6.45) is 4.92. The van der Waals surface area contributed by atoms with Gasteiger partial charge in [-0.1, -0.05) is 42.4 Å². The molecule has 0 aromatic heterocycles. The molecule has 0 aromatic rings. The summed E-state index contributed by atoms with van der Waals surface area (Å²) in [4.78, 5) is 23.7. The number of unbranched alkanes of at least 4 members (excludes halogenated alkanes) is 2. The van der Waals surface area contributed by atoms with Crippen molar-refractivity contribution in [3.8, 4) is 0 Å². The van der Waals surface area contributed by atoms with Crippen molar-refractivity contribution in [3.05, 3.63) is 18.8 Å². The van der Waals surface area contributed by atoms with Crippen LogP contribution in [0.5, 0.6) is 0 Å². The Morgan fingerprint density at radius 1 is 1.33 bits per heavy atom. The molecule has 1 aliphatic rings. The van der Waals surface area contributed by atoms with Gasteiger partial charge in [-0.3, -0.25) is 14.9 Å². The molecule has 2 unspecified atom stereocenters. The predicted molar refractivity (Wildman–Crippen MR) is 113 cm³/mol. The van der Waals surface area contributed by atoms with E-state index in [0.717, 1.165) is 26.4 Å². The van der Waals surface area contributed by atoms with Gasteiger partial charge in [0, 0.05) is 7.16 Å². The fourth-order valence-corrected chi connectivity index (χ4v) is 8.54. The van der Waals surface area contributed by atoms with Crippen LogP contribution in [-0.2, 0) is 9.59 Å². The molecular formula is C13H14Cl2I3NO2. The van der Waals surface area contributed by atoms with Gasteiger partial charge in [-0.25, -0.2) is 0 Å². The summed E-state index contributed by atoms with van der Waals surface area (Å²) in [6, 6.07) is 0. The summed E-state index contributed by atoms with van der Waals surface area (Å²) in [5, 5.41) is 2.28. The van der Waals surface area contributed by atoms with Gasteiger partial charge in [0.05, 0.1) is 11.5 Å². The molecule has 1 N–H and O–H groups in total. The lowest BCUT2D eigenvalue weighted by atomic mass is 9.89. The van der Waals surface area contributed by atoms with Gasteiger partial charge in [0.1, 0.15) is 3.55 Å². The van der Waals surface area contributed by atoms with E-state index in [9.17, 15) is 9.59 Å². The van der Waals surface area contributed by atoms with Crippen molar-refractivity contribution >= 4 is 101 Å². The van der Waals surface area contributed by atoms with Crippen LogP contribution in [0.3, 0.4) is 0 Å². The molecule has 0 bridgehead atoms. The minimum atomic E-state index is -0.898. The molecule has 2 atom stereocenters. The van der Waals surface area contributed by atoms with Crippen molar-refractivity contribution < 1.29 is 9.59 Å². The summed E-state index contributed by atoms with van der Waals surface area (Å²) in [7, 11) is 0. The van der Waals surface area contributed by atoms with E-state index < -0.39 is 19.9 Å². The summed E-state index contributed by atoms with van der Waals surface area (Å²) >= 11 is 17.8. The third-order valence-electron chi connectivity index (χ3n) is 3.13. The minimum absolute atomic E-state index is 0.404. The molecule has 0 amide bonds. The van der Waals surface area contributed by atoms with E-state index in [-0.39, 0.29) is 0 Å². The van der Waals surface area contributed by atoms with Crippen molar-refractivity contribution in [1.29, 1.82) is 0 Å². The Bertz CT molecular complexity index is 508. The smallest absolute Gasteiger partial charge is 0.252 e. The van der Waals surface area contributed by atoms with Crippen LogP contribution in [0.4, 0.5) is 0 Å². The van der Waals surface area contributed by atoms with Crippen LogP contribution in [0.1, 0.15) is 26.2 Å². The quantitative estimate of drug-likeness (QED) is 0.136. The van der Waals surface area contributed by atoms with Crippen molar-refractivity contribution in [2.45, 2.75) is 29.7 Å². The van der Waals surface area contributed by atoms with Gasteiger partial charge >= 0.3 is 0 Å². The lowest BCUT2D eigenvalue weighted by Crippen LogP contribution is -2.52. The molecular weight excluding hydrogens is 654 g/mol. The molecule has 0 radical (unpaired) electrons. The first-order valence-electron chi connectivity index (χ1n) is 6.36. The van der Waals surface area contributed by atoms with Crippen LogP contribution in [0.2, 0.25) is 0 Å². The maximum absolute atomic E-state index is 11.9. The lowest BCUT2D eigenvalue weighted by Gasteiger charge is -2.38. The molecule has 0 fully saturated rings. The average Bonchev–Trinajstić information content (AvgIpc) is 2.32. The molecule has 0 saturated carbocycles. The second-order valence-corrected chi connectivity index (χ2v) is 9.43. The van der Waals surface area contributed by atoms with E-state index >= 15 is 0 Å². The standard InChI is InChI=1S/C13H14Cl2I3NO2/c1-2-3-4-5-19-13(18)9(11(14)20)7(16)6-8(17)10(13)12(15)21/h6,9,19H,2-5H2,1H3. The molecule has 0 spiro atoms. The van der Waals surface area contributed by atoms with Crippen molar-refractivity contribution in [3.63, 3.8) is 0 Å². The summed E-state index contributed by atoms with van der Waals surface area (Å²) in [5.41, 5.74) is 0.404. The van der Waals surface area contributed by atoms with Gasteiger partial charge in [0.15, 0.2) is 0 Å². The first-order valence-corrected chi connectivity index (χ1v) is 10.3. The number of hydrogen-bond donors (Lipinski definition) is 1. The Kier molecular flexibility index (Phi) is 8.97. The van der Waals surface area contributed by atoms with Crippen molar-refractivity contribution in [2.24, 2.45) is 5.92 Å². The molecule has 1 aliphatic carbocycles. The Morgan fingerprint density at radius 3 is 2.43 bits per heavy atom. The first-order chi connectivity index (χ1) is 9.75. The lowest BCUT2D eigenvalue weighted by molar-refractivity contribution is -0.114. The Labute approximate surface area is 175 Å². The number of carbonyl (C=O) groups is 2. The Balaban J connectivity index is 3.19. The second kappa shape index (κ2) is 9.14. The van der Waals surface area contributed by atoms with Gasteiger partial charge < -0.3 is 0 Å². The zero-order valence-electron chi connectivity index (χ0n) is 11.2. The Morgan fingerprint density at radius 2 is 1.95 bits per heavy atom. The number of allylic oxidation sites excluding steroid dienone is 2. The topological polar surface area (TPSA) is 46.2 Å². The van der Waals surface area contributed by atoms with Gasteiger partial charge in [0.25, 0.3) is 5.24 Å². The molecule has 0 heterocycles. The number of nitrogens with one attached hydrogen (secondary N) is 1. The zero-order valence-corrected chi connectivity index (χ0v) is 19.2. The van der Waals surface area contributed by atoms with Crippen molar-refractivity contribution in [1.82, 2.24) is 5.32 Å². The van der Waals surface area contributed by atoms with E-state index in [0.29, 0.717) is 12.1 Å². The molecule has 8 heteroatoms. The maximum atomic E-state index is 11.9. The highest BCUT2D eigenvalue weighted by Gasteiger charge is 2.49. The fourth-order valence-electron chi connectivity index (χ4n) is 2.12. The fraction of sp³-hybridized carbons (Fsp3) is 0.538. The summed E-state index contributed by atoms with van der Waals surface area (Å²) < 4.78 is 0.643. The minimum Gasteiger partial charge on any atom is -0.298 e. The Hall–Kier alpha value is 1.55. The van der Waals surface area contributed by atoms with Crippen LogP contribution >= 0.6 is 91.0 Å². The predicted octanol–water partition coefficient (Wildman–Crippen LogP) is 5.07. The van der Waals surface area contributed by atoms with Gasteiger partial charge in [-0.05, 0) is 87.4 Å². The molecule has 118 valence electrons. The van der Waals surface area contributed by atoms with Crippen LogP contribution in [0, 0.1) is 5.92 Å². The van der Waals surface area contributed by atoms with Gasteiger partial charge in [0.2, 0.25) is 5.24 Å². The highest BCUT2D eigenvalue weighted by molar-refractivity contribution is 14.1. The van der Waals surface area contributed by atoms with E-state index in [1.165, 1.54) is 0 Å². The molecule has 21 heavy (non-hydrogen) atoms. The highest BCUT2D eigenvalue weighted by atomic mass is 127. The normalized spacial score (nSPS) is 25.8. The van der Waals surface area contributed by atoms with E-state index in [2.05, 4.69) is 80.0 Å². The molecule has 3 nitrogen and oxygen atoms in total. The van der Waals surface area contributed by atoms with E-state index in [1.54, 1.807) is 6.08 Å². The second-order valence-electron chi connectivity index (χ2n) is 4.61. The third kappa shape index (κ3) is 5.01. The van der Waals surface area contributed by atoms with Gasteiger partial charge in [-0.15, -0.1) is 0 Å². The van der Waals surface area contributed by atoms with E-state index in [4.69, 9.17) is 23.2 Å². The van der Waals surface area contributed by atoms with Gasteiger partial charge in [-0.2, -0.15) is 0 Å².